The molecule has 0 saturated carbocycles. The summed E-state index contributed by atoms with van der Waals surface area (Å²) in [6.45, 7) is 4.13. The van der Waals surface area contributed by atoms with E-state index in [1.807, 2.05) is 24.3 Å². The number of halogens is 2. The highest BCUT2D eigenvalue weighted by Crippen LogP contribution is 2.33. The summed E-state index contributed by atoms with van der Waals surface area (Å²) in [5.74, 6) is 0.642. The zero-order chi connectivity index (χ0) is 13.6. The Bertz CT molecular complexity index is 777. The van der Waals surface area contributed by atoms with E-state index in [0.717, 1.165) is 31.2 Å². The first-order valence-electron chi connectivity index (χ1n) is 5.88. The van der Waals surface area contributed by atoms with Crippen molar-refractivity contribution in [1.82, 2.24) is 4.98 Å². The van der Waals surface area contributed by atoms with E-state index in [0.29, 0.717) is 5.89 Å². The van der Waals surface area contributed by atoms with Crippen molar-refractivity contribution in [2.24, 2.45) is 0 Å². The Morgan fingerprint density at radius 3 is 2.58 bits per heavy atom. The molecule has 0 atom stereocenters. The van der Waals surface area contributed by atoms with Gasteiger partial charge in [-0.15, -0.1) is 0 Å². The van der Waals surface area contributed by atoms with Gasteiger partial charge in [-0.1, -0.05) is 22.0 Å². The predicted octanol–water partition coefficient (Wildman–Crippen LogP) is 5.64. The Balaban J connectivity index is 2.23. The maximum atomic E-state index is 5.93. The van der Waals surface area contributed by atoms with E-state index in [9.17, 15) is 0 Å². The van der Waals surface area contributed by atoms with Crippen LogP contribution < -0.4 is 0 Å². The molecule has 0 bridgehead atoms. The lowest BCUT2D eigenvalue weighted by Crippen LogP contribution is -1.80. The van der Waals surface area contributed by atoms with Crippen LogP contribution in [0.2, 0.25) is 0 Å². The molecule has 0 spiro atoms. The van der Waals surface area contributed by atoms with E-state index in [4.69, 9.17) is 4.42 Å². The van der Waals surface area contributed by atoms with Crippen molar-refractivity contribution in [3.63, 3.8) is 0 Å². The highest BCUT2D eigenvalue weighted by molar-refractivity contribution is 9.11. The Morgan fingerprint density at radius 2 is 1.84 bits per heavy atom. The maximum Gasteiger partial charge on any atom is 0.228 e. The average molecular weight is 381 g/mol. The minimum absolute atomic E-state index is 0.642. The average Bonchev–Trinajstić information content (AvgIpc) is 2.78. The van der Waals surface area contributed by atoms with Gasteiger partial charge in [0.05, 0.1) is 5.56 Å². The second kappa shape index (κ2) is 4.76. The van der Waals surface area contributed by atoms with Crippen LogP contribution in [0.1, 0.15) is 11.1 Å². The van der Waals surface area contributed by atoms with Gasteiger partial charge in [-0.2, -0.15) is 0 Å². The quantitative estimate of drug-likeness (QED) is 0.546. The minimum atomic E-state index is 0.642. The molecule has 1 aromatic heterocycles. The summed E-state index contributed by atoms with van der Waals surface area (Å²) in [5, 5.41) is 0. The first-order chi connectivity index (χ1) is 9.06. The van der Waals surface area contributed by atoms with Gasteiger partial charge in [-0.05, 0) is 65.2 Å². The monoisotopic (exact) mass is 379 g/mol. The molecule has 0 amide bonds. The van der Waals surface area contributed by atoms with Crippen LogP contribution in [0.5, 0.6) is 0 Å². The van der Waals surface area contributed by atoms with Crippen molar-refractivity contribution in [3.05, 3.63) is 50.4 Å². The highest BCUT2D eigenvalue weighted by atomic mass is 79.9. The van der Waals surface area contributed by atoms with Crippen LogP contribution in [0.3, 0.4) is 0 Å². The van der Waals surface area contributed by atoms with E-state index in [1.165, 1.54) is 5.56 Å². The smallest absolute Gasteiger partial charge is 0.228 e. The molecule has 0 saturated heterocycles. The van der Waals surface area contributed by atoms with Gasteiger partial charge in [0.25, 0.3) is 0 Å². The molecule has 0 radical (unpaired) electrons. The van der Waals surface area contributed by atoms with E-state index < -0.39 is 0 Å². The first-order valence-corrected chi connectivity index (χ1v) is 7.47. The summed E-state index contributed by atoms with van der Waals surface area (Å²) in [4.78, 5) is 4.56. The third-order valence-electron chi connectivity index (χ3n) is 3.24. The van der Waals surface area contributed by atoms with Crippen molar-refractivity contribution in [3.8, 4) is 11.5 Å². The summed E-state index contributed by atoms with van der Waals surface area (Å²) in [6.07, 6.45) is 0. The van der Waals surface area contributed by atoms with Crippen molar-refractivity contribution < 1.29 is 4.42 Å². The van der Waals surface area contributed by atoms with Crippen LogP contribution in [-0.4, -0.2) is 4.98 Å². The third kappa shape index (κ3) is 2.23. The lowest BCUT2D eigenvalue weighted by Gasteiger charge is -2.00. The largest absolute Gasteiger partial charge is 0.436 e. The Hall–Kier alpha value is -1.13. The molecule has 19 heavy (non-hydrogen) atoms. The van der Waals surface area contributed by atoms with E-state index >= 15 is 0 Å². The molecule has 0 aliphatic heterocycles. The van der Waals surface area contributed by atoms with Gasteiger partial charge in [-0.25, -0.2) is 4.98 Å². The molecule has 0 aliphatic carbocycles. The molecular formula is C15H11Br2NO. The Labute approximate surface area is 128 Å². The Morgan fingerprint density at radius 1 is 1.05 bits per heavy atom. The number of hydrogen-bond acceptors (Lipinski definition) is 2. The third-order valence-corrected chi connectivity index (χ3v) is 4.39. The molecule has 2 aromatic carbocycles. The predicted molar refractivity (Wildman–Crippen MR) is 84.3 cm³/mol. The Kier molecular flexibility index (Phi) is 3.23. The van der Waals surface area contributed by atoms with Crippen molar-refractivity contribution >= 4 is 43.0 Å². The minimum Gasteiger partial charge on any atom is -0.436 e. The molecule has 3 rings (SSSR count). The van der Waals surface area contributed by atoms with Crippen LogP contribution in [0, 0.1) is 13.8 Å². The lowest BCUT2D eigenvalue weighted by atomic mass is 10.1. The molecule has 0 N–H and O–H groups in total. The van der Waals surface area contributed by atoms with Crippen molar-refractivity contribution in [2.75, 3.05) is 0 Å². The van der Waals surface area contributed by atoms with E-state index in [1.54, 1.807) is 0 Å². The lowest BCUT2D eigenvalue weighted by molar-refractivity contribution is 0.616. The standard InChI is InChI=1S/C15H11Br2NO/c1-8-3-6-13-14(9(8)2)19-15(18-13)11-5-4-10(16)7-12(11)17/h3-7H,1-2H3. The molecule has 1 heterocycles. The molecule has 2 nitrogen and oxygen atoms in total. The number of benzene rings is 2. The number of hydrogen-bond donors (Lipinski definition) is 0. The fraction of sp³-hybridized carbons (Fsp3) is 0.133. The molecule has 4 heteroatoms. The number of nitrogens with zero attached hydrogens (tertiary/aromatic N) is 1. The first kappa shape index (κ1) is 12.9. The fourth-order valence-corrected chi connectivity index (χ4v) is 3.22. The molecule has 96 valence electrons. The summed E-state index contributed by atoms with van der Waals surface area (Å²) in [6, 6.07) is 10.0. The van der Waals surface area contributed by atoms with Gasteiger partial charge in [0.15, 0.2) is 5.58 Å². The zero-order valence-electron chi connectivity index (χ0n) is 10.5. The van der Waals surface area contributed by atoms with Gasteiger partial charge in [0.2, 0.25) is 5.89 Å². The van der Waals surface area contributed by atoms with Crippen LogP contribution in [0.4, 0.5) is 0 Å². The highest BCUT2D eigenvalue weighted by Gasteiger charge is 2.13. The number of aromatic nitrogens is 1. The number of fused-ring (bicyclic) bond motifs is 1. The fourth-order valence-electron chi connectivity index (χ4n) is 2.00. The van der Waals surface area contributed by atoms with Crippen molar-refractivity contribution in [1.29, 1.82) is 0 Å². The van der Waals surface area contributed by atoms with Crippen LogP contribution >= 0.6 is 31.9 Å². The summed E-state index contributed by atoms with van der Waals surface area (Å²) < 4.78 is 7.91. The molecule has 0 fully saturated rings. The second-order valence-corrected chi connectivity index (χ2v) is 6.27. The van der Waals surface area contributed by atoms with E-state index in [-0.39, 0.29) is 0 Å². The molecule has 3 aromatic rings. The van der Waals surface area contributed by atoms with E-state index in [2.05, 4.69) is 56.8 Å². The SMILES string of the molecule is Cc1ccc2nc(-c3ccc(Br)cc3Br)oc2c1C. The zero-order valence-corrected chi connectivity index (χ0v) is 13.7. The van der Waals surface area contributed by atoms with Gasteiger partial charge < -0.3 is 4.42 Å². The van der Waals surface area contributed by atoms with Gasteiger partial charge in [0, 0.05) is 8.95 Å². The number of rotatable bonds is 1. The normalized spacial score (nSPS) is 11.2. The van der Waals surface area contributed by atoms with Gasteiger partial charge >= 0.3 is 0 Å². The number of aryl methyl sites for hydroxylation is 2. The summed E-state index contributed by atoms with van der Waals surface area (Å²) in [7, 11) is 0. The molecule has 0 aliphatic rings. The van der Waals surface area contributed by atoms with Crippen molar-refractivity contribution in [2.45, 2.75) is 13.8 Å². The van der Waals surface area contributed by atoms with Crippen LogP contribution in [0.15, 0.2) is 43.7 Å². The maximum absolute atomic E-state index is 5.93. The number of oxazole rings is 1. The topological polar surface area (TPSA) is 26.0 Å². The van der Waals surface area contributed by atoms with Crippen LogP contribution in [-0.2, 0) is 0 Å². The van der Waals surface area contributed by atoms with Gasteiger partial charge in [0.1, 0.15) is 5.52 Å². The molecular weight excluding hydrogens is 370 g/mol. The second-order valence-electron chi connectivity index (χ2n) is 4.50. The van der Waals surface area contributed by atoms with Gasteiger partial charge in [-0.3, -0.25) is 0 Å². The summed E-state index contributed by atoms with van der Waals surface area (Å²) in [5.41, 5.74) is 5.07. The summed E-state index contributed by atoms with van der Waals surface area (Å²) >= 11 is 6.99. The van der Waals surface area contributed by atoms with Crippen LogP contribution in [0.25, 0.3) is 22.6 Å². The molecule has 0 unspecified atom stereocenters.